The molecule has 2 spiro atoms. The molecule has 142 valence electrons. The van der Waals surface area contributed by atoms with Crippen LogP contribution in [-0.2, 0) is 16.6 Å². The van der Waals surface area contributed by atoms with Crippen LogP contribution in [0, 0.1) is 5.92 Å². The normalized spacial score (nSPS) is 38.4. The highest BCUT2D eigenvalue weighted by atomic mass is 79.9. The van der Waals surface area contributed by atoms with Crippen molar-refractivity contribution in [3.05, 3.63) is 32.9 Å². The fourth-order valence-corrected chi connectivity index (χ4v) is 7.57. The number of hydrogen-bond donors (Lipinski definition) is 3. The molecule has 4 aliphatic heterocycles. The monoisotopic (exact) mass is 448 g/mol. The van der Waals surface area contributed by atoms with E-state index in [4.69, 9.17) is 11.6 Å². The Balaban J connectivity index is 1.59. The number of nitrogens with one attached hydrogen (secondary N) is 3. The number of quaternary nitrogens is 1. The molecule has 4 fully saturated rings. The molecule has 5 aliphatic rings. The van der Waals surface area contributed by atoms with Gasteiger partial charge in [0.1, 0.15) is 6.54 Å². The Morgan fingerprint density at radius 2 is 2.15 bits per heavy atom. The first-order chi connectivity index (χ1) is 12.8. The number of piperidine rings is 2. The number of rotatable bonds is 0. The number of amides is 1. The van der Waals surface area contributed by atoms with Gasteiger partial charge in [0.15, 0.2) is 5.54 Å². The number of halogens is 2. The minimum atomic E-state index is -0.181. The molecule has 3 N–H and O–H groups in total. The van der Waals surface area contributed by atoms with Crippen LogP contribution in [0.3, 0.4) is 0 Å². The second kappa shape index (κ2) is 4.92. The summed E-state index contributed by atoms with van der Waals surface area (Å²) in [5.41, 5.74) is 3.48. The average Bonchev–Trinajstić information content (AvgIpc) is 3.17. The van der Waals surface area contributed by atoms with E-state index in [1.807, 2.05) is 0 Å². The van der Waals surface area contributed by atoms with Gasteiger partial charge in [0.25, 0.3) is 5.91 Å². The number of aromatic nitrogens is 1. The predicted octanol–water partition coefficient (Wildman–Crippen LogP) is 2.72. The Kier molecular flexibility index (Phi) is 3.08. The molecule has 2 aromatic rings. The van der Waals surface area contributed by atoms with Crippen molar-refractivity contribution in [1.29, 1.82) is 0 Å². The largest absolute Gasteiger partial charge is 0.358 e. The quantitative estimate of drug-likeness (QED) is 0.569. The lowest BCUT2D eigenvalue weighted by Crippen LogP contribution is -3.26. The summed E-state index contributed by atoms with van der Waals surface area (Å²) < 4.78 is 0.918. The molecular formula is C21H24BrClN3O+. The summed E-state index contributed by atoms with van der Waals surface area (Å²) in [5, 5.41) is 5.49. The summed E-state index contributed by atoms with van der Waals surface area (Å²) in [6.45, 7) is 6.92. The van der Waals surface area contributed by atoms with E-state index in [1.165, 1.54) is 28.0 Å². The van der Waals surface area contributed by atoms with Crippen molar-refractivity contribution in [2.75, 3.05) is 13.1 Å². The number of hydrogen-bond acceptors (Lipinski definition) is 1. The third kappa shape index (κ3) is 1.87. The van der Waals surface area contributed by atoms with Gasteiger partial charge >= 0.3 is 0 Å². The maximum Gasteiger partial charge on any atom is 0.282 e. The number of benzene rings is 1. The van der Waals surface area contributed by atoms with Crippen molar-refractivity contribution in [1.82, 2.24) is 10.3 Å². The minimum absolute atomic E-state index is 0.0135. The van der Waals surface area contributed by atoms with E-state index in [-0.39, 0.29) is 16.5 Å². The van der Waals surface area contributed by atoms with Crippen LogP contribution in [0.15, 0.2) is 16.6 Å². The van der Waals surface area contributed by atoms with Crippen molar-refractivity contribution in [2.45, 2.75) is 56.0 Å². The van der Waals surface area contributed by atoms with Crippen molar-refractivity contribution >= 4 is 44.3 Å². The number of carbonyl (C=O) groups excluding carboxylic acids is 1. The average molecular weight is 450 g/mol. The lowest BCUT2D eigenvalue weighted by atomic mass is 9.51. The van der Waals surface area contributed by atoms with Gasteiger partial charge in [-0.2, -0.15) is 0 Å². The SMILES string of the molecule is CC1(C)c2[nH]c3cc(Br)c(Cl)cc3c2C[C@@]23C[NH+]4CCC[C@]4(C[C@@H]12)C(=O)N3. The smallest absolute Gasteiger partial charge is 0.282 e. The number of H-pyrrole nitrogens is 1. The zero-order chi connectivity index (χ0) is 18.8. The zero-order valence-electron chi connectivity index (χ0n) is 15.6. The number of aromatic amines is 1. The van der Waals surface area contributed by atoms with Crippen molar-refractivity contribution in [3.63, 3.8) is 0 Å². The molecule has 1 aliphatic carbocycles. The molecule has 4 atom stereocenters. The molecule has 2 bridgehead atoms. The Hall–Kier alpha value is -1.04. The molecule has 1 unspecified atom stereocenters. The number of fused-ring (bicyclic) bond motifs is 4. The van der Waals surface area contributed by atoms with E-state index in [0.717, 1.165) is 47.4 Å². The van der Waals surface area contributed by atoms with E-state index in [9.17, 15) is 4.79 Å². The van der Waals surface area contributed by atoms with E-state index >= 15 is 0 Å². The van der Waals surface area contributed by atoms with E-state index in [2.05, 4.69) is 52.2 Å². The molecule has 7 rings (SSSR count). The van der Waals surface area contributed by atoms with Crippen LogP contribution in [0.4, 0.5) is 0 Å². The third-order valence-corrected chi connectivity index (χ3v) is 9.46. The molecular weight excluding hydrogens is 426 g/mol. The Morgan fingerprint density at radius 1 is 1.33 bits per heavy atom. The lowest BCUT2D eigenvalue weighted by molar-refractivity contribution is -0.944. The Labute approximate surface area is 172 Å². The van der Waals surface area contributed by atoms with Gasteiger partial charge < -0.3 is 15.2 Å². The summed E-state index contributed by atoms with van der Waals surface area (Å²) in [4.78, 5) is 18.4. The molecule has 1 amide bonds. The molecule has 4 nitrogen and oxygen atoms in total. The second-order valence-electron chi connectivity index (χ2n) is 9.77. The summed E-state index contributed by atoms with van der Waals surface area (Å²) in [5.74, 6) is 0.765. The van der Waals surface area contributed by atoms with E-state index in [1.54, 1.807) is 0 Å². The van der Waals surface area contributed by atoms with Crippen LogP contribution in [-0.4, -0.2) is 35.1 Å². The fourth-order valence-electron chi connectivity index (χ4n) is 7.06. The molecule has 0 saturated carbocycles. The van der Waals surface area contributed by atoms with Crippen LogP contribution in [0.2, 0.25) is 5.02 Å². The van der Waals surface area contributed by atoms with Crippen LogP contribution in [0.5, 0.6) is 0 Å². The number of carbonyl (C=O) groups is 1. The van der Waals surface area contributed by atoms with Gasteiger partial charge in [0.2, 0.25) is 0 Å². The van der Waals surface area contributed by atoms with Crippen molar-refractivity contribution < 1.29 is 9.69 Å². The van der Waals surface area contributed by atoms with Crippen LogP contribution < -0.4 is 10.2 Å². The molecule has 27 heavy (non-hydrogen) atoms. The molecule has 0 radical (unpaired) electrons. The summed E-state index contributed by atoms with van der Waals surface area (Å²) in [7, 11) is 0. The summed E-state index contributed by atoms with van der Waals surface area (Å²) >= 11 is 9.99. The highest BCUT2D eigenvalue weighted by molar-refractivity contribution is 9.10. The van der Waals surface area contributed by atoms with Gasteiger partial charge in [-0.3, -0.25) is 4.79 Å². The first kappa shape index (κ1) is 16.9. The van der Waals surface area contributed by atoms with Gasteiger partial charge in [-0.05, 0) is 33.6 Å². The summed E-state index contributed by atoms with van der Waals surface area (Å²) in [6.07, 6.45) is 4.13. The highest BCUT2D eigenvalue weighted by Gasteiger charge is 2.71. The Morgan fingerprint density at radius 3 is 2.96 bits per heavy atom. The van der Waals surface area contributed by atoms with Gasteiger partial charge in [0.05, 0.1) is 17.1 Å². The molecule has 4 saturated heterocycles. The standard InChI is InChI=1S/C21H23BrClN3O/c1-19(2)16-9-21-4-3-5-26(21)10-20(16,25-18(21)27)8-12-11-6-14(23)13(22)7-15(11)24-17(12)19/h6-7,16,24H,3-5,8-10H2,1-2H3,(H,25,27)/p+1/t16-,20+,21-/m0/s1. The molecule has 5 heterocycles. The maximum atomic E-state index is 13.2. The van der Waals surface area contributed by atoms with E-state index < -0.39 is 0 Å². The number of piperazine rings is 1. The fraction of sp³-hybridized carbons (Fsp3) is 0.571. The molecule has 1 aromatic carbocycles. The van der Waals surface area contributed by atoms with Crippen molar-refractivity contribution in [3.8, 4) is 0 Å². The zero-order valence-corrected chi connectivity index (χ0v) is 18.0. The molecule has 6 heteroatoms. The molecule has 1 aromatic heterocycles. The van der Waals surface area contributed by atoms with Gasteiger partial charge in [-0.25, -0.2) is 0 Å². The predicted molar refractivity (Wildman–Crippen MR) is 109 cm³/mol. The van der Waals surface area contributed by atoms with Crippen LogP contribution in [0.25, 0.3) is 10.9 Å². The van der Waals surface area contributed by atoms with Gasteiger partial charge in [-0.15, -0.1) is 0 Å². The maximum absolute atomic E-state index is 13.2. The minimum Gasteiger partial charge on any atom is -0.358 e. The third-order valence-electron chi connectivity index (χ3n) is 8.26. The van der Waals surface area contributed by atoms with Gasteiger partial charge in [-0.1, -0.05) is 25.4 Å². The van der Waals surface area contributed by atoms with Crippen molar-refractivity contribution in [2.24, 2.45) is 5.92 Å². The first-order valence-corrected chi connectivity index (χ1v) is 11.1. The topological polar surface area (TPSA) is 49.3 Å². The summed E-state index contributed by atoms with van der Waals surface area (Å²) in [6, 6.07) is 4.16. The van der Waals surface area contributed by atoms with Crippen LogP contribution in [0.1, 0.15) is 44.4 Å². The lowest BCUT2D eigenvalue weighted by Gasteiger charge is -2.63. The van der Waals surface area contributed by atoms with Crippen LogP contribution >= 0.6 is 27.5 Å². The second-order valence-corrected chi connectivity index (χ2v) is 11.0. The van der Waals surface area contributed by atoms with Gasteiger partial charge in [0, 0.05) is 58.1 Å². The highest BCUT2D eigenvalue weighted by Crippen LogP contribution is 2.54. The Bertz CT molecular complexity index is 1030. The van der Waals surface area contributed by atoms with E-state index in [0.29, 0.717) is 11.8 Å². The first-order valence-electron chi connectivity index (χ1n) is 9.95.